The molecule has 0 saturated heterocycles. The van der Waals surface area contributed by atoms with Crippen LogP contribution in [0.15, 0.2) is 41.5 Å². The van der Waals surface area contributed by atoms with Crippen LogP contribution in [0.5, 0.6) is 17.2 Å². The molecule has 1 amide bonds. The van der Waals surface area contributed by atoms with Crippen molar-refractivity contribution in [3.8, 4) is 17.2 Å². The van der Waals surface area contributed by atoms with Gasteiger partial charge in [0.15, 0.2) is 18.1 Å². The van der Waals surface area contributed by atoms with Crippen molar-refractivity contribution >= 4 is 12.1 Å². The number of amides is 1. The molecule has 0 aliphatic heterocycles. The van der Waals surface area contributed by atoms with Crippen LogP contribution in [0, 0.1) is 6.92 Å². The lowest BCUT2D eigenvalue weighted by molar-refractivity contribution is -0.123. The zero-order chi connectivity index (χ0) is 19.8. The molecular formula is C21H26N2O4. The molecule has 0 heterocycles. The van der Waals surface area contributed by atoms with Crippen molar-refractivity contribution in [2.45, 2.75) is 26.7 Å². The lowest BCUT2D eigenvalue weighted by Gasteiger charge is -2.12. The average molecular weight is 370 g/mol. The number of nitrogens with one attached hydrogen (secondary N) is 1. The first-order valence-corrected chi connectivity index (χ1v) is 8.72. The van der Waals surface area contributed by atoms with Gasteiger partial charge in [-0.3, -0.25) is 4.79 Å². The fourth-order valence-corrected chi connectivity index (χ4v) is 2.42. The van der Waals surface area contributed by atoms with Gasteiger partial charge in [-0.05, 0) is 53.8 Å². The van der Waals surface area contributed by atoms with Crippen LogP contribution in [0.3, 0.4) is 0 Å². The molecule has 0 atom stereocenters. The number of aryl methyl sites for hydroxylation is 1. The van der Waals surface area contributed by atoms with Crippen molar-refractivity contribution in [3.05, 3.63) is 53.1 Å². The molecule has 0 aliphatic carbocycles. The minimum Gasteiger partial charge on any atom is -0.493 e. The largest absolute Gasteiger partial charge is 0.493 e. The van der Waals surface area contributed by atoms with Crippen LogP contribution in [0.4, 0.5) is 0 Å². The molecule has 0 spiro atoms. The number of carbonyl (C=O) groups is 1. The van der Waals surface area contributed by atoms with Gasteiger partial charge in [0.25, 0.3) is 5.91 Å². The summed E-state index contributed by atoms with van der Waals surface area (Å²) in [6.45, 7) is 6.08. The highest BCUT2D eigenvalue weighted by Gasteiger charge is 2.07. The van der Waals surface area contributed by atoms with Crippen LogP contribution in [-0.4, -0.2) is 32.9 Å². The number of hydrogen-bond donors (Lipinski definition) is 1. The number of rotatable bonds is 8. The monoisotopic (exact) mass is 370 g/mol. The topological polar surface area (TPSA) is 69.2 Å². The van der Waals surface area contributed by atoms with Crippen molar-refractivity contribution in [2.24, 2.45) is 5.10 Å². The maximum Gasteiger partial charge on any atom is 0.277 e. The van der Waals surface area contributed by atoms with E-state index in [1.165, 1.54) is 11.8 Å². The zero-order valence-electron chi connectivity index (χ0n) is 16.4. The molecule has 2 aromatic carbocycles. The van der Waals surface area contributed by atoms with E-state index in [1.54, 1.807) is 26.4 Å². The Balaban J connectivity index is 1.91. The SMILES string of the molecule is COc1ccc(/C=N/NC(=O)COc2cc(C(C)C)ccc2C)cc1OC. The van der Waals surface area contributed by atoms with Gasteiger partial charge >= 0.3 is 0 Å². The smallest absolute Gasteiger partial charge is 0.277 e. The van der Waals surface area contributed by atoms with Gasteiger partial charge < -0.3 is 14.2 Å². The van der Waals surface area contributed by atoms with E-state index in [2.05, 4.69) is 30.4 Å². The normalized spacial score (nSPS) is 10.9. The quantitative estimate of drug-likeness (QED) is 0.569. The summed E-state index contributed by atoms with van der Waals surface area (Å²) < 4.78 is 16.1. The summed E-state index contributed by atoms with van der Waals surface area (Å²) in [6.07, 6.45) is 1.53. The van der Waals surface area contributed by atoms with Gasteiger partial charge in [0.2, 0.25) is 0 Å². The molecule has 6 heteroatoms. The Morgan fingerprint density at radius 1 is 1.07 bits per heavy atom. The summed E-state index contributed by atoms with van der Waals surface area (Å²) >= 11 is 0. The molecule has 0 unspecified atom stereocenters. The maximum atomic E-state index is 12.0. The zero-order valence-corrected chi connectivity index (χ0v) is 16.4. The third-order valence-electron chi connectivity index (χ3n) is 4.05. The molecule has 0 aliphatic rings. The van der Waals surface area contributed by atoms with E-state index in [9.17, 15) is 4.79 Å². The predicted molar refractivity (Wildman–Crippen MR) is 106 cm³/mol. The number of methoxy groups -OCH3 is 2. The number of nitrogens with zero attached hydrogens (tertiary/aromatic N) is 1. The van der Waals surface area contributed by atoms with E-state index >= 15 is 0 Å². The van der Waals surface area contributed by atoms with E-state index in [0.29, 0.717) is 23.2 Å². The molecule has 0 aromatic heterocycles. The Hall–Kier alpha value is -3.02. The second kappa shape index (κ2) is 9.62. The first-order valence-electron chi connectivity index (χ1n) is 8.72. The van der Waals surface area contributed by atoms with E-state index in [1.807, 2.05) is 25.1 Å². The molecule has 27 heavy (non-hydrogen) atoms. The van der Waals surface area contributed by atoms with Crippen LogP contribution < -0.4 is 19.6 Å². The number of benzene rings is 2. The van der Waals surface area contributed by atoms with Crippen molar-refractivity contribution in [1.82, 2.24) is 5.43 Å². The molecule has 6 nitrogen and oxygen atoms in total. The fraction of sp³-hybridized carbons (Fsp3) is 0.333. The standard InChI is InChI=1S/C21H26N2O4/c1-14(2)17-8-6-15(3)19(11-17)27-13-21(24)23-22-12-16-7-9-18(25-4)20(10-16)26-5/h6-12,14H,13H2,1-5H3,(H,23,24)/b22-12+. The Labute approximate surface area is 160 Å². The molecule has 2 rings (SSSR count). The highest BCUT2D eigenvalue weighted by Crippen LogP contribution is 2.27. The van der Waals surface area contributed by atoms with Crippen LogP contribution in [0.1, 0.15) is 36.5 Å². The predicted octanol–water partition coefficient (Wildman–Crippen LogP) is 3.66. The Morgan fingerprint density at radius 3 is 2.48 bits per heavy atom. The highest BCUT2D eigenvalue weighted by molar-refractivity contribution is 5.83. The van der Waals surface area contributed by atoms with Crippen molar-refractivity contribution < 1.29 is 19.0 Å². The van der Waals surface area contributed by atoms with Gasteiger partial charge in [0, 0.05) is 0 Å². The molecule has 0 saturated carbocycles. The van der Waals surface area contributed by atoms with Gasteiger partial charge in [0.1, 0.15) is 5.75 Å². The molecule has 0 radical (unpaired) electrons. The van der Waals surface area contributed by atoms with E-state index in [-0.39, 0.29) is 12.5 Å². The summed E-state index contributed by atoms with van der Waals surface area (Å²) in [7, 11) is 3.14. The molecule has 1 N–H and O–H groups in total. The van der Waals surface area contributed by atoms with Gasteiger partial charge in [-0.15, -0.1) is 0 Å². The van der Waals surface area contributed by atoms with E-state index < -0.39 is 0 Å². The van der Waals surface area contributed by atoms with Gasteiger partial charge in [-0.1, -0.05) is 26.0 Å². The minimum atomic E-state index is -0.332. The Kier molecular flexibility index (Phi) is 7.23. The van der Waals surface area contributed by atoms with Crippen molar-refractivity contribution in [2.75, 3.05) is 20.8 Å². The molecule has 144 valence electrons. The second-order valence-electron chi connectivity index (χ2n) is 6.38. The Morgan fingerprint density at radius 2 is 1.81 bits per heavy atom. The Bertz CT molecular complexity index is 816. The van der Waals surface area contributed by atoms with Gasteiger partial charge in [0.05, 0.1) is 20.4 Å². The number of ether oxygens (including phenoxy) is 3. The van der Waals surface area contributed by atoms with E-state index in [0.717, 1.165) is 11.1 Å². The summed E-state index contributed by atoms with van der Waals surface area (Å²) in [5.74, 6) is 2.00. The average Bonchev–Trinajstić information content (AvgIpc) is 2.66. The van der Waals surface area contributed by atoms with Crippen LogP contribution in [0.2, 0.25) is 0 Å². The summed E-state index contributed by atoms with van der Waals surface area (Å²) in [6, 6.07) is 11.4. The summed E-state index contributed by atoms with van der Waals surface area (Å²) in [5, 5.41) is 3.95. The van der Waals surface area contributed by atoms with Crippen molar-refractivity contribution in [1.29, 1.82) is 0 Å². The summed E-state index contributed by atoms with van der Waals surface area (Å²) in [5.41, 5.74) is 5.39. The number of hydrazone groups is 1. The second-order valence-corrected chi connectivity index (χ2v) is 6.38. The molecular weight excluding hydrogens is 344 g/mol. The maximum absolute atomic E-state index is 12.0. The van der Waals surface area contributed by atoms with Gasteiger partial charge in [-0.2, -0.15) is 5.10 Å². The third kappa shape index (κ3) is 5.74. The van der Waals surface area contributed by atoms with Gasteiger partial charge in [-0.25, -0.2) is 5.43 Å². The number of carbonyl (C=O) groups excluding carboxylic acids is 1. The van der Waals surface area contributed by atoms with E-state index in [4.69, 9.17) is 14.2 Å². The molecule has 2 aromatic rings. The highest BCUT2D eigenvalue weighted by atomic mass is 16.5. The van der Waals surface area contributed by atoms with Crippen LogP contribution in [0.25, 0.3) is 0 Å². The first-order chi connectivity index (χ1) is 12.9. The lowest BCUT2D eigenvalue weighted by atomic mass is 10.0. The fourth-order valence-electron chi connectivity index (χ4n) is 2.42. The first kappa shape index (κ1) is 20.3. The number of hydrogen-bond acceptors (Lipinski definition) is 5. The molecule has 0 bridgehead atoms. The van der Waals surface area contributed by atoms with Crippen LogP contribution >= 0.6 is 0 Å². The van der Waals surface area contributed by atoms with Crippen molar-refractivity contribution in [3.63, 3.8) is 0 Å². The summed E-state index contributed by atoms with van der Waals surface area (Å²) in [4.78, 5) is 12.0. The van der Waals surface area contributed by atoms with Crippen LogP contribution in [-0.2, 0) is 4.79 Å². The molecule has 0 fully saturated rings. The minimum absolute atomic E-state index is 0.105. The third-order valence-corrected chi connectivity index (χ3v) is 4.05. The lowest BCUT2D eigenvalue weighted by Crippen LogP contribution is -2.24.